The summed E-state index contributed by atoms with van der Waals surface area (Å²) in [5.74, 6) is 0.532. The zero-order valence-corrected chi connectivity index (χ0v) is 14.8. The Morgan fingerprint density at radius 1 is 1.29 bits per heavy atom. The monoisotopic (exact) mass is 402 g/mol. The van der Waals surface area contributed by atoms with Crippen molar-refractivity contribution in [3.63, 3.8) is 0 Å². The van der Waals surface area contributed by atoms with E-state index < -0.39 is 0 Å². The van der Waals surface area contributed by atoms with Crippen molar-refractivity contribution in [1.82, 2.24) is 19.5 Å². The number of halogens is 2. The van der Waals surface area contributed by atoms with E-state index in [1.807, 2.05) is 6.07 Å². The first kappa shape index (κ1) is 15.4. The summed E-state index contributed by atoms with van der Waals surface area (Å²) in [6, 6.07) is 7.92. The van der Waals surface area contributed by atoms with E-state index in [-0.39, 0.29) is 5.28 Å². The van der Waals surface area contributed by atoms with Crippen molar-refractivity contribution in [2.24, 2.45) is 0 Å². The van der Waals surface area contributed by atoms with Crippen LogP contribution in [0.4, 0.5) is 11.5 Å². The number of nitrogens with one attached hydrogen (secondary N) is 1. The lowest BCUT2D eigenvalue weighted by Gasteiger charge is -2.26. The van der Waals surface area contributed by atoms with E-state index in [1.165, 1.54) is 6.42 Å². The number of hydrogen-bond acceptors (Lipinski definition) is 5. The Morgan fingerprint density at radius 2 is 2.12 bits per heavy atom. The van der Waals surface area contributed by atoms with E-state index in [4.69, 9.17) is 16.9 Å². The lowest BCUT2D eigenvalue weighted by molar-refractivity contribution is 0.319. The van der Waals surface area contributed by atoms with Gasteiger partial charge in [0.25, 0.3) is 0 Å². The molecule has 4 rings (SSSR count). The van der Waals surface area contributed by atoms with Crippen LogP contribution in [0.25, 0.3) is 11.2 Å². The largest absolute Gasteiger partial charge is 0.338 e. The molecule has 1 fully saturated rings. The maximum Gasteiger partial charge on any atom is 0.226 e. The minimum Gasteiger partial charge on any atom is -0.338 e. The molecular formula is C16H12BrClN6. The van der Waals surface area contributed by atoms with E-state index in [1.54, 1.807) is 18.5 Å². The third-order valence-corrected chi connectivity index (χ3v) is 4.78. The molecule has 24 heavy (non-hydrogen) atoms. The number of imidazole rings is 1. The van der Waals surface area contributed by atoms with Gasteiger partial charge in [-0.2, -0.15) is 15.2 Å². The lowest BCUT2D eigenvalue weighted by Crippen LogP contribution is -2.16. The number of rotatable bonds is 3. The predicted octanol–water partition coefficient (Wildman–Crippen LogP) is 4.58. The highest BCUT2D eigenvalue weighted by molar-refractivity contribution is 9.10. The Hall–Kier alpha value is -2.17. The molecule has 0 bridgehead atoms. The summed E-state index contributed by atoms with van der Waals surface area (Å²) in [6.45, 7) is 0. The molecule has 0 saturated heterocycles. The molecule has 0 amide bonds. The first-order valence-corrected chi connectivity index (χ1v) is 8.69. The van der Waals surface area contributed by atoms with Gasteiger partial charge in [-0.3, -0.25) is 0 Å². The van der Waals surface area contributed by atoms with Gasteiger partial charge in [-0.05, 0) is 49.1 Å². The van der Waals surface area contributed by atoms with Crippen LogP contribution in [0.15, 0.2) is 29.0 Å². The molecule has 0 atom stereocenters. The van der Waals surface area contributed by atoms with Crippen LogP contribution in [-0.2, 0) is 0 Å². The molecule has 0 radical (unpaired) electrons. The molecule has 1 N–H and O–H groups in total. The van der Waals surface area contributed by atoms with Crippen LogP contribution in [0.3, 0.4) is 0 Å². The van der Waals surface area contributed by atoms with Crippen molar-refractivity contribution >= 4 is 50.2 Å². The van der Waals surface area contributed by atoms with Crippen LogP contribution < -0.4 is 5.32 Å². The van der Waals surface area contributed by atoms with Crippen molar-refractivity contribution in [3.05, 3.63) is 39.8 Å². The van der Waals surface area contributed by atoms with Gasteiger partial charge in [0.1, 0.15) is 0 Å². The van der Waals surface area contributed by atoms with Crippen LogP contribution in [0.1, 0.15) is 30.9 Å². The van der Waals surface area contributed by atoms with Crippen molar-refractivity contribution < 1.29 is 0 Å². The average Bonchev–Trinajstić information content (AvgIpc) is 2.88. The van der Waals surface area contributed by atoms with Crippen LogP contribution in [0, 0.1) is 11.3 Å². The number of fused-ring (bicyclic) bond motifs is 1. The summed E-state index contributed by atoms with van der Waals surface area (Å²) >= 11 is 9.51. The molecule has 2 heterocycles. The minimum absolute atomic E-state index is 0.168. The quantitative estimate of drug-likeness (QED) is 0.647. The number of benzene rings is 1. The smallest absolute Gasteiger partial charge is 0.226 e. The van der Waals surface area contributed by atoms with Gasteiger partial charge < -0.3 is 9.88 Å². The Balaban J connectivity index is 1.78. The highest BCUT2D eigenvalue weighted by atomic mass is 79.9. The minimum atomic E-state index is 0.168. The van der Waals surface area contributed by atoms with Crippen molar-refractivity contribution in [3.8, 4) is 6.07 Å². The molecule has 0 unspecified atom stereocenters. The number of nitriles is 1. The number of hydrogen-bond donors (Lipinski definition) is 1. The fourth-order valence-electron chi connectivity index (χ4n) is 2.77. The fraction of sp³-hybridized carbons (Fsp3) is 0.250. The number of anilines is 2. The van der Waals surface area contributed by atoms with Crippen LogP contribution >= 0.6 is 27.5 Å². The van der Waals surface area contributed by atoms with Crippen LogP contribution in [-0.4, -0.2) is 19.5 Å². The molecule has 120 valence electrons. The van der Waals surface area contributed by atoms with Gasteiger partial charge in [-0.25, -0.2) is 4.98 Å². The second-order valence-electron chi connectivity index (χ2n) is 5.72. The van der Waals surface area contributed by atoms with Crippen molar-refractivity contribution in [2.75, 3.05) is 5.32 Å². The van der Waals surface area contributed by atoms with E-state index in [2.05, 4.69) is 46.8 Å². The molecule has 1 aliphatic rings. The Kier molecular flexibility index (Phi) is 3.87. The lowest BCUT2D eigenvalue weighted by atomic mass is 9.93. The predicted molar refractivity (Wildman–Crippen MR) is 95.4 cm³/mol. The van der Waals surface area contributed by atoms with Gasteiger partial charge in [-0.1, -0.05) is 15.9 Å². The molecule has 1 aromatic carbocycles. The number of nitrogens with zero attached hydrogens (tertiary/aromatic N) is 5. The maximum absolute atomic E-state index is 9.11. The summed E-state index contributed by atoms with van der Waals surface area (Å²) < 4.78 is 2.87. The summed E-state index contributed by atoms with van der Waals surface area (Å²) in [5, 5.41) is 12.5. The highest BCUT2D eigenvalue weighted by Crippen LogP contribution is 2.35. The molecule has 0 spiro atoms. The van der Waals surface area contributed by atoms with Gasteiger partial charge >= 0.3 is 0 Å². The second-order valence-corrected chi connectivity index (χ2v) is 6.97. The summed E-state index contributed by atoms with van der Waals surface area (Å²) in [6.07, 6.45) is 5.29. The van der Waals surface area contributed by atoms with Crippen molar-refractivity contribution in [2.45, 2.75) is 25.3 Å². The van der Waals surface area contributed by atoms with Gasteiger partial charge in [0.15, 0.2) is 17.0 Å². The average molecular weight is 404 g/mol. The third-order valence-electron chi connectivity index (χ3n) is 4.15. The number of aromatic nitrogens is 4. The molecule has 8 heteroatoms. The summed E-state index contributed by atoms with van der Waals surface area (Å²) in [4.78, 5) is 13.1. The topological polar surface area (TPSA) is 79.4 Å². The van der Waals surface area contributed by atoms with Crippen molar-refractivity contribution in [1.29, 1.82) is 5.26 Å². The standard InChI is InChI=1S/C16H12BrClN6/c17-10-4-9(7-19)5-11(6-10)21-14-13-15(23-16(18)22-14)24(8-20-13)12-2-1-3-12/h4-6,8,12H,1-3H2,(H,21,22,23). The summed E-state index contributed by atoms with van der Waals surface area (Å²) in [7, 11) is 0. The van der Waals surface area contributed by atoms with Crippen LogP contribution in [0.2, 0.25) is 5.28 Å². The van der Waals surface area contributed by atoms with E-state index in [0.29, 0.717) is 22.9 Å². The Morgan fingerprint density at radius 3 is 2.83 bits per heavy atom. The zero-order chi connectivity index (χ0) is 16.7. The third kappa shape index (κ3) is 2.72. The normalized spacial score (nSPS) is 14.4. The first-order chi connectivity index (χ1) is 11.6. The first-order valence-electron chi connectivity index (χ1n) is 7.52. The van der Waals surface area contributed by atoms with Gasteiger partial charge in [0.05, 0.1) is 18.0 Å². The Bertz CT molecular complexity index is 973. The Labute approximate surface area is 151 Å². The molecule has 2 aromatic heterocycles. The van der Waals surface area contributed by atoms with E-state index in [0.717, 1.165) is 28.6 Å². The van der Waals surface area contributed by atoms with Gasteiger partial charge in [0, 0.05) is 16.2 Å². The van der Waals surface area contributed by atoms with Crippen LogP contribution in [0.5, 0.6) is 0 Å². The zero-order valence-electron chi connectivity index (χ0n) is 12.5. The maximum atomic E-state index is 9.11. The highest BCUT2D eigenvalue weighted by Gasteiger charge is 2.23. The summed E-state index contributed by atoms with van der Waals surface area (Å²) in [5.41, 5.74) is 2.68. The second kappa shape index (κ2) is 6.04. The van der Waals surface area contributed by atoms with E-state index in [9.17, 15) is 0 Å². The van der Waals surface area contributed by atoms with E-state index >= 15 is 0 Å². The fourth-order valence-corrected chi connectivity index (χ4v) is 3.43. The molecular weight excluding hydrogens is 392 g/mol. The molecule has 6 nitrogen and oxygen atoms in total. The van der Waals surface area contributed by atoms with Gasteiger partial charge in [-0.15, -0.1) is 0 Å². The molecule has 3 aromatic rings. The SMILES string of the molecule is N#Cc1cc(Br)cc(Nc2nc(Cl)nc3c2ncn3C2CCC2)c1. The molecule has 0 aliphatic heterocycles. The van der Waals surface area contributed by atoms with Gasteiger partial charge in [0.2, 0.25) is 5.28 Å². The molecule has 1 saturated carbocycles. The molecule has 1 aliphatic carbocycles.